The number of rotatable bonds is 5. The molecule has 1 N–H and O–H groups in total. The van der Waals surface area contributed by atoms with Crippen molar-refractivity contribution >= 4 is 17.5 Å². The van der Waals surface area contributed by atoms with Crippen LogP contribution in [0.5, 0.6) is 6.01 Å². The molecule has 1 aliphatic rings. The fourth-order valence-corrected chi connectivity index (χ4v) is 2.18. The third kappa shape index (κ3) is 3.91. The highest BCUT2D eigenvalue weighted by molar-refractivity contribution is 6.28. The van der Waals surface area contributed by atoms with E-state index in [1.54, 1.807) is 0 Å². The van der Waals surface area contributed by atoms with E-state index in [2.05, 4.69) is 15.0 Å². The van der Waals surface area contributed by atoms with Crippen LogP contribution in [-0.4, -0.2) is 58.6 Å². The first-order chi connectivity index (χ1) is 9.62. The first-order valence-corrected chi connectivity index (χ1v) is 7.05. The summed E-state index contributed by atoms with van der Waals surface area (Å²) in [4.78, 5) is 14.2. The number of nitrogens with zero attached hydrogens (tertiary/aromatic N) is 4. The Labute approximate surface area is 122 Å². The Bertz CT molecular complexity index is 449. The maximum atomic E-state index is 9.24. The molecule has 20 heavy (non-hydrogen) atoms. The SMILES string of the molecule is CCCOc1nc(Cl)nc(N2CC(C)OC(CO)C2)n1. The minimum atomic E-state index is -0.255. The summed E-state index contributed by atoms with van der Waals surface area (Å²) >= 11 is 5.91. The van der Waals surface area contributed by atoms with Gasteiger partial charge in [0, 0.05) is 13.1 Å². The van der Waals surface area contributed by atoms with Gasteiger partial charge >= 0.3 is 6.01 Å². The van der Waals surface area contributed by atoms with E-state index in [9.17, 15) is 5.11 Å². The third-order valence-electron chi connectivity index (χ3n) is 2.82. The van der Waals surface area contributed by atoms with E-state index < -0.39 is 0 Å². The van der Waals surface area contributed by atoms with Gasteiger partial charge in [0.15, 0.2) is 0 Å². The van der Waals surface area contributed by atoms with Gasteiger partial charge in [0.25, 0.3) is 0 Å². The van der Waals surface area contributed by atoms with Crippen LogP contribution < -0.4 is 9.64 Å². The topological polar surface area (TPSA) is 80.6 Å². The average molecular weight is 303 g/mol. The number of ether oxygens (including phenoxy) is 2. The predicted molar refractivity (Wildman–Crippen MR) is 74.3 cm³/mol. The molecular weight excluding hydrogens is 284 g/mol. The smallest absolute Gasteiger partial charge is 0.322 e. The number of aromatic nitrogens is 3. The largest absolute Gasteiger partial charge is 0.463 e. The molecule has 8 heteroatoms. The lowest BCUT2D eigenvalue weighted by molar-refractivity contribution is -0.0425. The number of hydrogen-bond donors (Lipinski definition) is 1. The molecule has 1 aliphatic heterocycles. The molecule has 0 aliphatic carbocycles. The molecule has 2 unspecified atom stereocenters. The van der Waals surface area contributed by atoms with E-state index >= 15 is 0 Å². The molecule has 0 radical (unpaired) electrons. The second kappa shape index (κ2) is 7.01. The highest BCUT2D eigenvalue weighted by Crippen LogP contribution is 2.20. The maximum Gasteiger partial charge on any atom is 0.322 e. The second-order valence-corrected chi connectivity index (χ2v) is 5.03. The summed E-state index contributed by atoms with van der Waals surface area (Å²) in [5, 5.41) is 9.34. The predicted octanol–water partition coefficient (Wildman–Crippen LogP) is 0.900. The van der Waals surface area contributed by atoms with Crippen LogP contribution in [0.3, 0.4) is 0 Å². The summed E-state index contributed by atoms with van der Waals surface area (Å²) in [6.07, 6.45) is 0.588. The number of aliphatic hydroxyl groups excluding tert-OH is 1. The first kappa shape index (κ1) is 15.2. The molecule has 0 amide bonds. The quantitative estimate of drug-likeness (QED) is 0.865. The van der Waals surface area contributed by atoms with Gasteiger partial charge < -0.3 is 19.5 Å². The zero-order chi connectivity index (χ0) is 14.5. The standard InChI is InChI=1S/C12H19ClN4O3/c1-3-4-19-12-15-10(13)14-11(16-12)17-5-8(2)20-9(6-17)7-18/h8-9,18H,3-7H2,1-2H3. The molecule has 2 atom stereocenters. The van der Waals surface area contributed by atoms with Crippen LogP contribution in [0.25, 0.3) is 0 Å². The van der Waals surface area contributed by atoms with Gasteiger partial charge in [0.1, 0.15) is 0 Å². The molecular formula is C12H19ClN4O3. The first-order valence-electron chi connectivity index (χ1n) is 6.68. The summed E-state index contributed by atoms with van der Waals surface area (Å²) < 4.78 is 11.0. The third-order valence-corrected chi connectivity index (χ3v) is 2.99. The highest BCUT2D eigenvalue weighted by atomic mass is 35.5. The van der Waals surface area contributed by atoms with Crippen molar-refractivity contribution in [1.82, 2.24) is 15.0 Å². The van der Waals surface area contributed by atoms with E-state index in [-0.39, 0.29) is 30.1 Å². The van der Waals surface area contributed by atoms with Crippen LogP contribution in [0.15, 0.2) is 0 Å². The van der Waals surface area contributed by atoms with Gasteiger partial charge in [-0.2, -0.15) is 15.0 Å². The molecule has 0 spiro atoms. The van der Waals surface area contributed by atoms with Crippen molar-refractivity contribution in [1.29, 1.82) is 0 Å². The molecule has 0 saturated carbocycles. The van der Waals surface area contributed by atoms with E-state index in [0.717, 1.165) is 6.42 Å². The Morgan fingerprint density at radius 1 is 1.40 bits per heavy atom. The van der Waals surface area contributed by atoms with Gasteiger partial charge in [-0.25, -0.2) is 0 Å². The average Bonchev–Trinajstić information content (AvgIpc) is 2.43. The molecule has 0 bridgehead atoms. The van der Waals surface area contributed by atoms with Crippen molar-refractivity contribution in [3.8, 4) is 6.01 Å². The van der Waals surface area contributed by atoms with Crippen LogP contribution >= 0.6 is 11.6 Å². The fraction of sp³-hybridized carbons (Fsp3) is 0.750. The van der Waals surface area contributed by atoms with Crippen molar-refractivity contribution in [3.63, 3.8) is 0 Å². The zero-order valence-corrected chi connectivity index (χ0v) is 12.4. The zero-order valence-electron chi connectivity index (χ0n) is 11.6. The van der Waals surface area contributed by atoms with Crippen LogP contribution in [0.4, 0.5) is 5.95 Å². The Balaban J connectivity index is 2.16. The summed E-state index contributed by atoms with van der Waals surface area (Å²) in [5.41, 5.74) is 0. The number of anilines is 1. The number of morpholine rings is 1. The van der Waals surface area contributed by atoms with E-state index in [1.807, 2.05) is 18.7 Å². The molecule has 2 heterocycles. The Morgan fingerprint density at radius 3 is 2.90 bits per heavy atom. The maximum absolute atomic E-state index is 9.24. The van der Waals surface area contributed by atoms with E-state index in [0.29, 0.717) is 25.6 Å². The van der Waals surface area contributed by atoms with Crippen molar-refractivity contribution in [2.24, 2.45) is 0 Å². The minimum absolute atomic E-state index is 0.0172. The van der Waals surface area contributed by atoms with E-state index in [1.165, 1.54) is 0 Å². The van der Waals surface area contributed by atoms with Gasteiger partial charge in [-0.1, -0.05) is 6.92 Å². The Morgan fingerprint density at radius 2 is 2.20 bits per heavy atom. The molecule has 2 rings (SSSR count). The molecule has 0 aromatic carbocycles. The lowest BCUT2D eigenvalue weighted by atomic mass is 10.2. The molecule has 7 nitrogen and oxygen atoms in total. The Hall–Kier alpha value is -1.18. The van der Waals surface area contributed by atoms with Crippen LogP contribution in [0.2, 0.25) is 5.28 Å². The number of halogens is 1. The molecule has 1 saturated heterocycles. The van der Waals surface area contributed by atoms with Gasteiger partial charge in [-0.15, -0.1) is 0 Å². The van der Waals surface area contributed by atoms with Gasteiger partial charge in [-0.05, 0) is 24.9 Å². The summed E-state index contributed by atoms with van der Waals surface area (Å²) in [7, 11) is 0. The van der Waals surface area contributed by atoms with Gasteiger partial charge in [0.2, 0.25) is 11.2 Å². The lowest BCUT2D eigenvalue weighted by Gasteiger charge is -2.35. The van der Waals surface area contributed by atoms with Gasteiger partial charge in [0.05, 0.1) is 25.4 Å². The van der Waals surface area contributed by atoms with E-state index in [4.69, 9.17) is 21.1 Å². The Kier molecular flexibility index (Phi) is 5.33. The molecule has 1 aromatic rings. The normalized spacial score (nSPS) is 22.9. The van der Waals surface area contributed by atoms with Crippen LogP contribution in [0.1, 0.15) is 20.3 Å². The number of hydrogen-bond acceptors (Lipinski definition) is 7. The number of aliphatic hydroxyl groups is 1. The molecule has 1 aromatic heterocycles. The summed E-state index contributed by atoms with van der Waals surface area (Å²) in [6, 6.07) is 0.224. The molecule has 112 valence electrons. The minimum Gasteiger partial charge on any atom is -0.463 e. The fourth-order valence-electron chi connectivity index (χ4n) is 2.03. The van der Waals surface area contributed by atoms with Crippen LogP contribution in [0, 0.1) is 0 Å². The summed E-state index contributed by atoms with van der Waals surface area (Å²) in [6.45, 7) is 5.56. The summed E-state index contributed by atoms with van der Waals surface area (Å²) in [5.74, 6) is 0.449. The van der Waals surface area contributed by atoms with Crippen molar-refractivity contribution in [2.45, 2.75) is 32.5 Å². The van der Waals surface area contributed by atoms with Gasteiger partial charge in [-0.3, -0.25) is 0 Å². The highest BCUT2D eigenvalue weighted by Gasteiger charge is 2.27. The van der Waals surface area contributed by atoms with Crippen molar-refractivity contribution in [3.05, 3.63) is 5.28 Å². The van der Waals surface area contributed by atoms with Crippen LogP contribution in [-0.2, 0) is 4.74 Å². The monoisotopic (exact) mass is 302 g/mol. The lowest BCUT2D eigenvalue weighted by Crippen LogP contribution is -2.48. The second-order valence-electron chi connectivity index (χ2n) is 4.69. The molecule has 1 fully saturated rings. The van der Waals surface area contributed by atoms with Crippen molar-refractivity contribution < 1.29 is 14.6 Å². The van der Waals surface area contributed by atoms with Crippen molar-refractivity contribution in [2.75, 3.05) is 31.2 Å².